The van der Waals surface area contributed by atoms with E-state index in [1.807, 2.05) is 42.5 Å². The molecule has 0 saturated carbocycles. The minimum absolute atomic E-state index is 0.127. The smallest absolute Gasteiger partial charge is 0.206 e. The SMILES string of the molecule is O=C(c1ccccc1)c1sc2cc(O)ccc2c1Oc1ccc(OCCN2CCC(CF)C2)cc1. The van der Waals surface area contributed by atoms with Crippen LogP contribution in [0.3, 0.4) is 0 Å². The Morgan fingerprint density at radius 2 is 1.83 bits per heavy atom. The Balaban J connectivity index is 1.31. The van der Waals surface area contributed by atoms with Gasteiger partial charge >= 0.3 is 0 Å². The van der Waals surface area contributed by atoms with Crippen molar-refractivity contribution in [2.24, 2.45) is 5.92 Å². The zero-order valence-electron chi connectivity index (χ0n) is 19.2. The summed E-state index contributed by atoms with van der Waals surface area (Å²) in [6.07, 6.45) is 0.911. The number of carbonyl (C=O) groups is 1. The fourth-order valence-corrected chi connectivity index (χ4v) is 5.41. The number of ether oxygens (including phenoxy) is 2. The van der Waals surface area contributed by atoms with Crippen molar-refractivity contribution in [3.8, 4) is 23.0 Å². The van der Waals surface area contributed by atoms with Crippen LogP contribution >= 0.6 is 11.3 Å². The van der Waals surface area contributed by atoms with Gasteiger partial charge in [0.25, 0.3) is 0 Å². The topological polar surface area (TPSA) is 59.0 Å². The van der Waals surface area contributed by atoms with E-state index < -0.39 is 0 Å². The second kappa shape index (κ2) is 10.5. The third kappa shape index (κ3) is 5.31. The van der Waals surface area contributed by atoms with E-state index in [1.165, 1.54) is 11.3 Å². The van der Waals surface area contributed by atoms with Crippen molar-refractivity contribution < 1.29 is 23.8 Å². The molecule has 35 heavy (non-hydrogen) atoms. The molecule has 1 saturated heterocycles. The first kappa shape index (κ1) is 23.3. The molecule has 7 heteroatoms. The van der Waals surface area contributed by atoms with Crippen LogP contribution in [0, 0.1) is 5.92 Å². The molecule has 1 unspecified atom stereocenters. The van der Waals surface area contributed by atoms with Crippen molar-refractivity contribution in [2.45, 2.75) is 6.42 Å². The Bertz CT molecular complexity index is 1310. The minimum Gasteiger partial charge on any atom is -0.508 e. The second-order valence-electron chi connectivity index (χ2n) is 8.67. The van der Waals surface area contributed by atoms with Crippen LogP contribution in [-0.4, -0.2) is 48.7 Å². The predicted molar refractivity (Wildman–Crippen MR) is 136 cm³/mol. The van der Waals surface area contributed by atoms with Crippen LogP contribution < -0.4 is 9.47 Å². The van der Waals surface area contributed by atoms with Crippen LogP contribution in [0.15, 0.2) is 72.8 Å². The van der Waals surface area contributed by atoms with Crippen LogP contribution in [0.5, 0.6) is 23.0 Å². The first-order valence-electron chi connectivity index (χ1n) is 11.6. The van der Waals surface area contributed by atoms with E-state index in [0.29, 0.717) is 28.5 Å². The average molecular weight is 492 g/mol. The number of rotatable bonds is 9. The summed E-state index contributed by atoms with van der Waals surface area (Å²) < 4.78 is 25.6. The minimum atomic E-state index is -0.252. The van der Waals surface area contributed by atoms with Gasteiger partial charge in [-0.05, 0) is 55.4 Å². The number of ketones is 1. The number of thiophene rings is 1. The number of alkyl halides is 1. The number of benzene rings is 3. The molecule has 0 aliphatic carbocycles. The number of fused-ring (bicyclic) bond motifs is 1. The fraction of sp³-hybridized carbons (Fsp3) is 0.250. The number of halogens is 1. The van der Waals surface area contributed by atoms with E-state index in [0.717, 1.165) is 41.9 Å². The lowest BCUT2D eigenvalue weighted by molar-refractivity contribution is 0.104. The third-order valence-electron chi connectivity index (χ3n) is 6.18. The summed E-state index contributed by atoms with van der Waals surface area (Å²) >= 11 is 1.30. The maximum absolute atomic E-state index is 13.3. The summed E-state index contributed by atoms with van der Waals surface area (Å²) in [7, 11) is 0. The molecule has 0 spiro atoms. The Kier molecular flexibility index (Phi) is 6.97. The number of phenols is 1. The quantitative estimate of drug-likeness (QED) is 0.279. The molecule has 0 amide bonds. The van der Waals surface area contributed by atoms with Crippen molar-refractivity contribution >= 4 is 27.2 Å². The molecule has 4 aromatic rings. The Morgan fingerprint density at radius 3 is 2.57 bits per heavy atom. The third-order valence-corrected chi connectivity index (χ3v) is 7.31. The van der Waals surface area contributed by atoms with Crippen molar-refractivity contribution in [2.75, 3.05) is 32.9 Å². The van der Waals surface area contributed by atoms with Gasteiger partial charge in [-0.3, -0.25) is 14.1 Å². The summed E-state index contributed by atoms with van der Waals surface area (Å²) in [5.41, 5.74) is 0.577. The van der Waals surface area contributed by atoms with Crippen molar-refractivity contribution in [1.82, 2.24) is 4.90 Å². The molecule has 0 radical (unpaired) electrons. The van der Waals surface area contributed by atoms with Crippen LogP contribution in [-0.2, 0) is 0 Å². The molecule has 1 aromatic heterocycles. The highest BCUT2D eigenvalue weighted by Gasteiger charge is 2.23. The summed E-state index contributed by atoms with van der Waals surface area (Å²) in [5.74, 6) is 1.95. The number of hydrogen-bond acceptors (Lipinski definition) is 6. The highest BCUT2D eigenvalue weighted by molar-refractivity contribution is 7.21. The van der Waals surface area contributed by atoms with Crippen molar-refractivity contribution in [3.63, 3.8) is 0 Å². The molecule has 1 atom stereocenters. The van der Waals surface area contributed by atoms with Crippen molar-refractivity contribution in [1.29, 1.82) is 0 Å². The van der Waals surface area contributed by atoms with Crippen molar-refractivity contribution in [3.05, 3.63) is 83.2 Å². The summed E-state index contributed by atoms with van der Waals surface area (Å²) in [5, 5.41) is 10.7. The van der Waals surface area contributed by atoms with E-state index >= 15 is 0 Å². The molecular formula is C28H26FNO4S. The highest BCUT2D eigenvalue weighted by Crippen LogP contribution is 2.42. The van der Waals surface area contributed by atoms with Gasteiger partial charge in [-0.25, -0.2) is 0 Å². The van der Waals surface area contributed by atoms with Gasteiger partial charge in [0.1, 0.15) is 28.7 Å². The van der Waals surface area contributed by atoms with Crippen LogP contribution in [0.25, 0.3) is 10.1 Å². The van der Waals surface area contributed by atoms with E-state index in [4.69, 9.17) is 9.47 Å². The molecule has 3 aromatic carbocycles. The summed E-state index contributed by atoms with van der Waals surface area (Å²) in [6.45, 7) is 2.77. The largest absolute Gasteiger partial charge is 0.508 e. The van der Waals surface area contributed by atoms with Crippen LogP contribution in [0.1, 0.15) is 21.7 Å². The van der Waals surface area contributed by atoms with E-state index in [-0.39, 0.29) is 24.1 Å². The van der Waals surface area contributed by atoms with Gasteiger partial charge in [-0.15, -0.1) is 11.3 Å². The zero-order chi connectivity index (χ0) is 24.2. The summed E-state index contributed by atoms with van der Waals surface area (Å²) in [4.78, 5) is 16.0. The molecule has 1 fully saturated rings. The van der Waals surface area contributed by atoms with Gasteiger partial charge in [0, 0.05) is 34.7 Å². The zero-order valence-corrected chi connectivity index (χ0v) is 20.0. The average Bonchev–Trinajstić information content (AvgIpc) is 3.49. The van der Waals surface area contributed by atoms with E-state index in [1.54, 1.807) is 30.3 Å². The number of aromatic hydroxyl groups is 1. The lowest BCUT2D eigenvalue weighted by atomic mass is 10.1. The monoisotopic (exact) mass is 491 g/mol. The molecule has 0 bridgehead atoms. The molecule has 5 nitrogen and oxygen atoms in total. The number of carbonyl (C=O) groups excluding carboxylic acids is 1. The maximum Gasteiger partial charge on any atom is 0.206 e. The van der Waals surface area contributed by atoms with Gasteiger partial charge in [-0.1, -0.05) is 30.3 Å². The first-order valence-corrected chi connectivity index (χ1v) is 12.5. The normalized spacial score (nSPS) is 16.0. The Hall–Kier alpha value is -3.42. The van der Waals surface area contributed by atoms with Gasteiger partial charge in [0.05, 0.1) is 6.67 Å². The fourth-order valence-electron chi connectivity index (χ4n) is 4.29. The highest BCUT2D eigenvalue weighted by atomic mass is 32.1. The first-order chi connectivity index (χ1) is 17.1. The molecule has 5 rings (SSSR count). The Labute approximate surface area is 207 Å². The van der Waals surface area contributed by atoms with E-state index in [9.17, 15) is 14.3 Å². The number of phenolic OH excluding ortho intramolecular Hbond substituents is 1. The number of hydrogen-bond donors (Lipinski definition) is 1. The van der Waals surface area contributed by atoms with Gasteiger partial charge in [0.2, 0.25) is 5.78 Å². The number of likely N-dealkylation sites (tertiary alicyclic amines) is 1. The van der Waals surface area contributed by atoms with Gasteiger partial charge in [0.15, 0.2) is 5.75 Å². The lowest BCUT2D eigenvalue weighted by Crippen LogP contribution is -2.26. The molecule has 1 aliphatic heterocycles. The lowest BCUT2D eigenvalue weighted by Gasteiger charge is -2.16. The molecule has 180 valence electrons. The summed E-state index contributed by atoms with van der Waals surface area (Å²) in [6, 6.07) is 21.4. The predicted octanol–water partition coefficient (Wildman–Crippen LogP) is 6.30. The van der Waals surface area contributed by atoms with Gasteiger partial charge in [-0.2, -0.15) is 0 Å². The standard InChI is InChI=1S/C28H26FNO4S/c29-17-19-12-13-30(18-19)14-15-33-22-7-9-23(10-8-22)34-27-24-11-6-21(31)16-25(24)35-28(27)26(32)20-4-2-1-3-5-20/h1-11,16,19,31H,12-15,17-18H2. The van der Waals surface area contributed by atoms with E-state index in [2.05, 4.69) is 4.90 Å². The molecular weight excluding hydrogens is 465 g/mol. The second-order valence-corrected chi connectivity index (χ2v) is 9.72. The molecule has 2 heterocycles. The van der Waals surface area contributed by atoms with Crippen LogP contribution in [0.4, 0.5) is 4.39 Å². The Morgan fingerprint density at radius 1 is 1.06 bits per heavy atom. The molecule has 1 aliphatic rings. The molecule has 1 N–H and O–H groups in total. The van der Waals surface area contributed by atoms with Gasteiger partial charge < -0.3 is 14.6 Å². The number of nitrogens with zero attached hydrogens (tertiary/aromatic N) is 1. The van der Waals surface area contributed by atoms with Crippen LogP contribution in [0.2, 0.25) is 0 Å². The maximum atomic E-state index is 13.3.